The molecule has 0 saturated heterocycles. The number of carboxylic acids is 1. The smallest absolute Gasteiger partial charge is 0.303 e. The molecule has 0 aliphatic heterocycles. The number of hydrogen-bond donors (Lipinski definition) is 1. The fourth-order valence-electron chi connectivity index (χ4n) is 2.89. The van der Waals surface area contributed by atoms with Crippen molar-refractivity contribution in [3.63, 3.8) is 0 Å². The van der Waals surface area contributed by atoms with E-state index in [0.717, 1.165) is 5.92 Å². The SMILES string of the molecule is CCC1CCC(C(C)(C)CC(=O)O)CC1. The van der Waals surface area contributed by atoms with Gasteiger partial charge in [0.25, 0.3) is 0 Å². The van der Waals surface area contributed by atoms with Gasteiger partial charge in [0.1, 0.15) is 0 Å². The quantitative estimate of drug-likeness (QED) is 0.771. The van der Waals surface area contributed by atoms with Gasteiger partial charge >= 0.3 is 5.97 Å². The van der Waals surface area contributed by atoms with E-state index in [1.165, 1.54) is 32.1 Å². The summed E-state index contributed by atoms with van der Waals surface area (Å²) in [5, 5.41) is 8.88. The third-order valence-electron chi connectivity index (χ3n) is 4.14. The summed E-state index contributed by atoms with van der Waals surface area (Å²) in [5.74, 6) is 0.843. The Labute approximate surface area is 93.1 Å². The molecule has 0 heterocycles. The minimum absolute atomic E-state index is 0.0233. The van der Waals surface area contributed by atoms with Crippen molar-refractivity contribution in [2.75, 3.05) is 0 Å². The second-order valence-corrected chi connectivity index (χ2v) is 5.68. The number of carboxylic acid groups (broad SMARTS) is 1. The van der Waals surface area contributed by atoms with Gasteiger partial charge in [-0.05, 0) is 30.1 Å². The third kappa shape index (κ3) is 3.51. The van der Waals surface area contributed by atoms with Crippen LogP contribution >= 0.6 is 0 Å². The van der Waals surface area contributed by atoms with Crippen molar-refractivity contribution >= 4 is 5.97 Å². The summed E-state index contributed by atoms with van der Waals surface area (Å²) in [6, 6.07) is 0. The van der Waals surface area contributed by atoms with Crippen LogP contribution in [0.4, 0.5) is 0 Å². The Kier molecular flexibility index (Phi) is 4.18. The van der Waals surface area contributed by atoms with Gasteiger partial charge in [-0.15, -0.1) is 0 Å². The largest absolute Gasteiger partial charge is 0.481 e. The Morgan fingerprint density at radius 2 is 1.80 bits per heavy atom. The Hall–Kier alpha value is -0.530. The Morgan fingerprint density at radius 1 is 1.27 bits per heavy atom. The normalized spacial score (nSPS) is 27.7. The predicted octanol–water partition coefficient (Wildman–Crippen LogP) is 3.70. The fourth-order valence-corrected chi connectivity index (χ4v) is 2.89. The summed E-state index contributed by atoms with van der Waals surface area (Å²) in [5.41, 5.74) is -0.0233. The van der Waals surface area contributed by atoms with Crippen LogP contribution in [0.2, 0.25) is 0 Å². The molecular formula is C13H24O2. The van der Waals surface area contributed by atoms with Gasteiger partial charge in [-0.1, -0.05) is 40.0 Å². The van der Waals surface area contributed by atoms with Crippen molar-refractivity contribution in [2.45, 2.75) is 59.3 Å². The monoisotopic (exact) mass is 212 g/mol. The highest BCUT2D eigenvalue weighted by Gasteiger charge is 2.34. The molecule has 88 valence electrons. The highest BCUT2D eigenvalue weighted by molar-refractivity contribution is 5.67. The first-order valence-electron chi connectivity index (χ1n) is 6.17. The maximum absolute atomic E-state index is 10.8. The minimum Gasteiger partial charge on any atom is -0.481 e. The van der Waals surface area contributed by atoms with Crippen molar-refractivity contribution in [3.05, 3.63) is 0 Å². The van der Waals surface area contributed by atoms with Crippen LogP contribution in [0.25, 0.3) is 0 Å². The third-order valence-corrected chi connectivity index (χ3v) is 4.14. The summed E-state index contributed by atoms with van der Waals surface area (Å²) in [7, 11) is 0. The molecule has 1 aliphatic carbocycles. The molecule has 1 rings (SSSR count). The highest BCUT2D eigenvalue weighted by Crippen LogP contribution is 2.42. The number of rotatable bonds is 4. The molecule has 0 radical (unpaired) electrons. The predicted molar refractivity (Wildman–Crippen MR) is 61.8 cm³/mol. The molecule has 0 aromatic rings. The van der Waals surface area contributed by atoms with Crippen LogP contribution in [0.1, 0.15) is 59.3 Å². The molecule has 1 saturated carbocycles. The molecule has 1 N–H and O–H groups in total. The zero-order valence-electron chi connectivity index (χ0n) is 10.3. The molecule has 0 atom stereocenters. The molecule has 2 heteroatoms. The van der Waals surface area contributed by atoms with E-state index in [1.54, 1.807) is 0 Å². The van der Waals surface area contributed by atoms with Gasteiger partial charge in [-0.25, -0.2) is 0 Å². The Bertz CT molecular complexity index is 213. The van der Waals surface area contributed by atoms with E-state index in [0.29, 0.717) is 12.3 Å². The summed E-state index contributed by atoms with van der Waals surface area (Å²) in [4.78, 5) is 10.8. The molecule has 0 aromatic heterocycles. The molecular weight excluding hydrogens is 188 g/mol. The van der Waals surface area contributed by atoms with E-state index in [4.69, 9.17) is 5.11 Å². The standard InChI is InChI=1S/C13H24O2/c1-4-10-5-7-11(8-6-10)13(2,3)9-12(14)15/h10-11H,4-9H2,1-3H3,(H,14,15). The second kappa shape index (κ2) is 5.00. The lowest BCUT2D eigenvalue weighted by Gasteiger charge is -2.38. The average Bonchev–Trinajstić information content (AvgIpc) is 2.16. The summed E-state index contributed by atoms with van der Waals surface area (Å²) in [6.07, 6.45) is 6.63. The first-order valence-corrected chi connectivity index (χ1v) is 6.17. The van der Waals surface area contributed by atoms with E-state index in [2.05, 4.69) is 20.8 Å². The molecule has 1 aliphatic rings. The van der Waals surface area contributed by atoms with E-state index in [9.17, 15) is 4.79 Å². The van der Waals surface area contributed by atoms with Gasteiger partial charge in [0.2, 0.25) is 0 Å². The van der Waals surface area contributed by atoms with Gasteiger partial charge in [-0.2, -0.15) is 0 Å². The summed E-state index contributed by atoms with van der Waals surface area (Å²) >= 11 is 0. The minimum atomic E-state index is -0.655. The summed E-state index contributed by atoms with van der Waals surface area (Å²) in [6.45, 7) is 6.48. The number of carbonyl (C=O) groups is 1. The van der Waals surface area contributed by atoms with Crippen LogP contribution in [0.15, 0.2) is 0 Å². The zero-order chi connectivity index (χ0) is 11.5. The van der Waals surface area contributed by atoms with E-state index < -0.39 is 5.97 Å². The Morgan fingerprint density at radius 3 is 2.20 bits per heavy atom. The van der Waals surface area contributed by atoms with Crippen molar-refractivity contribution in [3.8, 4) is 0 Å². The zero-order valence-corrected chi connectivity index (χ0v) is 10.3. The van der Waals surface area contributed by atoms with Crippen LogP contribution in [-0.4, -0.2) is 11.1 Å². The van der Waals surface area contributed by atoms with Gasteiger partial charge in [0, 0.05) is 0 Å². The first kappa shape index (κ1) is 12.5. The fraction of sp³-hybridized carbons (Fsp3) is 0.923. The lowest BCUT2D eigenvalue weighted by Crippen LogP contribution is -2.30. The van der Waals surface area contributed by atoms with Crippen LogP contribution in [-0.2, 0) is 4.79 Å². The van der Waals surface area contributed by atoms with Crippen molar-refractivity contribution in [1.82, 2.24) is 0 Å². The Balaban J connectivity index is 2.47. The van der Waals surface area contributed by atoms with Crippen molar-refractivity contribution < 1.29 is 9.90 Å². The highest BCUT2D eigenvalue weighted by atomic mass is 16.4. The molecule has 0 aromatic carbocycles. The van der Waals surface area contributed by atoms with Gasteiger partial charge < -0.3 is 5.11 Å². The molecule has 0 spiro atoms. The topological polar surface area (TPSA) is 37.3 Å². The number of aliphatic carboxylic acids is 1. The molecule has 0 unspecified atom stereocenters. The molecule has 2 nitrogen and oxygen atoms in total. The van der Waals surface area contributed by atoms with E-state index >= 15 is 0 Å². The van der Waals surface area contributed by atoms with Gasteiger partial charge in [0.05, 0.1) is 6.42 Å². The van der Waals surface area contributed by atoms with Crippen LogP contribution < -0.4 is 0 Å². The van der Waals surface area contributed by atoms with Gasteiger partial charge in [0.15, 0.2) is 0 Å². The van der Waals surface area contributed by atoms with Crippen molar-refractivity contribution in [2.24, 2.45) is 17.3 Å². The maximum Gasteiger partial charge on any atom is 0.303 e. The first-order chi connectivity index (χ1) is 6.95. The second-order valence-electron chi connectivity index (χ2n) is 5.68. The molecule has 0 amide bonds. The van der Waals surface area contributed by atoms with Crippen LogP contribution in [0.5, 0.6) is 0 Å². The van der Waals surface area contributed by atoms with Gasteiger partial charge in [-0.3, -0.25) is 4.79 Å². The van der Waals surface area contributed by atoms with E-state index in [1.807, 2.05) is 0 Å². The maximum atomic E-state index is 10.8. The number of hydrogen-bond acceptors (Lipinski definition) is 1. The lowest BCUT2D eigenvalue weighted by molar-refractivity contribution is -0.140. The molecule has 0 bridgehead atoms. The summed E-state index contributed by atoms with van der Waals surface area (Å²) < 4.78 is 0. The molecule has 1 fully saturated rings. The molecule has 15 heavy (non-hydrogen) atoms. The lowest BCUT2D eigenvalue weighted by atomic mass is 9.67. The van der Waals surface area contributed by atoms with Crippen LogP contribution in [0.3, 0.4) is 0 Å². The van der Waals surface area contributed by atoms with Crippen LogP contribution in [0, 0.1) is 17.3 Å². The van der Waals surface area contributed by atoms with Crippen molar-refractivity contribution in [1.29, 1.82) is 0 Å². The average molecular weight is 212 g/mol. The van der Waals surface area contributed by atoms with E-state index in [-0.39, 0.29) is 5.41 Å².